The van der Waals surface area contributed by atoms with Gasteiger partial charge in [-0.05, 0) is 37.8 Å². The van der Waals surface area contributed by atoms with Crippen LogP contribution in [0.2, 0.25) is 0 Å². The molecule has 9 heteroatoms. The van der Waals surface area contributed by atoms with Crippen LogP contribution in [0.1, 0.15) is 36.9 Å². The number of alkyl halides is 3. The average Bonchev–Trinajstić information content (AvgIpc) is 3.02. The summed E-state index contributed by atoms with van der Waals surface area (Å²) in [4.78, 5) is 27.7. The van der Waals surface area contributed by atoms with E-state index in [1.54, 1.807) is 12.1 Å². The van der Waals surface area contributed by atoms with E-state index in [4.69, 9.17) is 0 Å². The third-order valence-corrected chi connectivity index (χ3v) is 5.56. The summed E-state index contributed by atoms with van der Waals surface area (Å²) in [6.45, 7) is 0.446. The zero-order valence-electron chi connectivity index (χ0n) is 16.6. The van der Waals surface area contributed by atoms with Crippen molar-refractivity contribution in [3.8, 4) is 0 Å². The fraction of sp³-hybridized carbons (Fsp3) is 0.524. The molecule has 0 bridgehead atoms. The number of carbonyl (C=O) groups is 2. The lowest BCUT2D eigenvalue weighted by Crippen LogP contribution is -2.41. The second-order valence-electron chi connectivity index (χ2n) is 7.65. The number of para-hydroxylation sites is 1. The third-order valence-electron chi connectivity index (χ3n) is 5.56. The van der Waals surface area contributed by atoms with E-state index in [0.717, 1.165) is 23.1 Å². The minimum Gasteiger partial charge on any atom is -0.456 e. The van der Waals surface area contributed by atoms with Crippen molar-refractivity contribution in [2.75, 3.05) is 13.2 Å². The topological polar surface area (TPSA) is 71.2 Å². The number of H-pyrrole nitrogens is 1. The highest BCUT2D eigenvalue weighted by atomic mass is 19.4. The molecule has 0 radical (unpaired) electrons. The molecule has 1 saturated carbocycles. The number of aromatic nitrogens is 1. The van der Waals surface area contributed by atoms with Crippen molar-refractivity contribution in [3.05, 3.63) is 35.3 Å². The van der Waals surface area contributed by atoms with Gasteiger partial charge in [-0.2, -0.15) is 13.2 Å². The molecule has 1 fully saturated rings. The third kappa shape index (κ3) is 5.12. The molecule has 0 spiro atoms. The van der Waals surface area contributed by atoms with E-state index in [9.17, 15) is 27.2 Å². The van der Waals surface area contributed by atoms with Crippen LogP contribution >= 0.6 is 0 Å². The maximum Gasteiger partial charge on any atom is 0.422 e. The number of esters is 1. The van der Waals surface area contributed by atoms with Gasteiger partial charge in [0.25, 0.3) is 0 Å². The lowest BCUT2D eigenvalue weighted by atomic mass is 9.78. The van der Waals surface area contributed by atoms with Gasteiger partial charge in [0.05, 0.1) is 17.4 Å². The number of aromatic amines is 1. The maximum absolute atomic E-state index is 13.9. The molecule has 1 aliphatic rings. The van der Waals surface area contributed by atoms with E-state index in [-0.39, 0.29) is 18.3 Å². The number of rotatable bonds is 6. The van der Waals surface area contributed by atoms with E-state index in [1.807, 2.05) is 6.92 Å². The van der Waals surface area contributed by atoms with Gasteiger partial charge in [0.2, 0.25) is 5.91 Å². The SMILES string of the molecule is Cc1[nH]c2c(F)cccc2c1CCNC(=O)[C@H]1CCCC[C@H]1C(=O)OCC(F)(F)F. The van der Waals surface area contributed by atoms with E-state index in [1.165, 1.54) is 6.07 Å². The van der Waals surface area contributed by atoms with Crippen LogP contribution in [0.3, 0.4) is 0 Å². The van der Waals surface area contributed by atoms with Crippen molar-refractivity contribution in [3.63, 3.8) is 0 Å². The minimum atomic E-state index is -4.60. The Kier molecular flexibility index (Phi) is 6.67. The molecule has 0 unspecified atom stereocenters. The molecule has 164 valence electrons. The zero-order chi connectivity index (χ0) is 21.9. The maximum atomic E-state index is 13.9. The van der Waals surface area contributed by atoms with Crippen LogP contribution in [-0.4, -0.2) is 36.2 Å². The lowest BCUT2D eigenvalue weighted by Gasteiger charge is -2.29. The molecule has 1 aliphatic carbocycles. The van der Waals surface area contributed by atoms with Crippen LogP contribution in [0.15, 0.2) is 18.2 Å². The first-order valence-corrected chi connectivity index (χ1v) is 9.94. The number of aryl methyl sites for hydroxylation is 1. The molecule has 30 heavy (non-hydrogen) atoms. The average molecular weight is 428 g/mol. The summed E-state index contributed by atoms with van der Waals surface area (Å²) in [6, 6.07) is 4.78. The van der Waals surface area contributed by atoms with Gasteiger partial charge in [0.1, 0.15) is 5.82 Å². The van der Waals surface area contributed by atoms with Crippen molar-refractivity contribution >= 4 is 22.8 Å². The van der Waals surface area contributed by atoms with E-state index in [0.29, 0.717) is 31.2 Å². The second-order valence-corrected chi connectivity index (χ2v) is 7.65. The van der Waals surface area contributed by atoms with E-state index in [2.05, 4.69) is 15.0 Å². The molecule has 2 aromatic rings. The molecule has 1 amide bonds. The Balaban J connectivity index is 1.60. The molecule has 0 saturated heterocycles. The van der Waals surface area contributed by atoms with Gasteiger partial charge in [-0.15, -0.1) is 0 Å². The Morgan fingerprint density at radius 3 is 2.60 bits per heavy atom. The van der Waals surface area contributed by atoms with Crippen molar-refractivity contribution in [1.82, 2.24) is 10.3 Å². The number of nitrogens with one attached hydrogen (secondary N) is 2. The van der Waals surface area contributed by atoms with Crippen LogP contribution in [0, 0.1) is 24.6 Å². The highest BCUT2D eigenvalue weighted by Gasteiger charge is 2.38. The first-order valence-electron chi connectivity index (χ1n) is 9.94. The van der Waals surface area contributed by atoms with E-state index >= 15 is 0 Å². The summed E-state index contributed by atoms with van der Waals surface area (Å²) in [7, 11) is 0. The number of ether oxygens (including phenoxy) is 1. The Bertz CT molecular complexity index is 923. The predicted octanol–water partition coefficient (Wildman–Crippen LogP) is 4.19. The molecule has 5 nitrogen and oxygen atoms in total. The number of hydrogen-bond acceptors (Lipinski definition) is 3. The summed E-state index contributed by atoms with van der Waals surface area (Å²) < 4.78 is 55.3. The molecule has 0 aliphatic heterocycles. The Labute approximate surface area is 171 Å². The molecule has 3 rings (SSSR count). The zero-order valence-corrected chi connectivity index (χ0v) is 16.6. The Hall–Kier alpha value is -2.58. The predicted molar refractivity (Wildman–Crippen MR) is 102 cm³/mol. The molecule has 2 N–H and O–H groups in total. The van der Waals surface area contributed by atoms with Crippen LogP contribution in [0.5, 0.6) is 0 Å². The van der Waals surface area contributed by atoms with Crippen LogP contribution < -0.4 is 5.32 Å². The number of amides is 1. The van der Waals surface area contributed by atoms with Gasteiger partial charge < -0.3 is 15.0 Å². The highest BCUT2D eigenvalue weighted by Crippen LogP contribution is 2.32. The van der Waals surface area contributed by atoms with Gasteiger partial charge in [0, 0.05) is 17.6 Å². The fourth-order valence-electron chi connectivity index (χ4n) is 4.12. The van der Waals surface area contributed by atoms with Gasteiger partial charge in [0.15, 0.2) is 6.61 Å². The molecule has 1 aromatic heterocycles. The molecular weight excluding hydrogens is 404 g/mol. The minimum absolute atomic E-state index is 0.268. The summed E-state index contributed by atoms with van der Waals surface area (Å²) in [5.41, 5.74) is 2.10. The first kappa shape index (κ1) is 22.1. The standard InChI is InChI=1S/C21H24F4N2O3/c1-12-13(14-7-4-8-17(22)18(14)27-12)9-10-26-19(28)15-5-2-3-6-16(15)20(29)30-11-21(23,24)25/h4,7-8,15-16,27H,2-3,5-6,9-11H2,1H3,(H,26,28)/t15-,16+/m0/s1. The molecular formula is C21H24F4N2O3. The summed E-state index contributed by atoms with van der Waals surface area (Å²) >= 11 is 0. The summed E-state index contributed by atoms with van der Waals surface area (Å²) in [5, 5.41) is 3.52. The van der Waals surface area contributed by atoms with Crippen LogP contribution in [0.4, 0.5) is 17.6 Å². The normalized spacial score (nSPS) is 19.6. The lowest BCUT2D eigenvalue weighted by molar-refractivity contribution is -0.191. The highest BCUT2D eigenvalue weighted by molar-refractivity contribution is 5.86. The molecule has 1 heterocycles. The van der Waals surface area contributed by atoms with Crippen LogP contribution in [-0.2, 0) is 20.7 Å². The monoisotopic (exact) mass is 428 g/mol. The largest absolute Gasteiger partial charge is 0.456 e. The van der Waals surface area contributed by atoms with Gasteiger partial charge in [-0.1, -0.05) is 25.0 Å². The van der Waals surface area contributed by atoms with Gasteiger partial charge in [-0.3, -0.25) is 9.59 Å². The number of benzene rings is 1. The first-order chi connectivity index (χ1) is 14.2. The van der Waals surface area contributed by atoms with Crippen molar-refractivity contribution in [1.29, 1.82) is 0 Å². The number of carbonyl (C=O) groups excluding carboxylic acids is 2. The van der Waals surface area contributed by atoms with Crippen molar-refractivity contribution in [2.45, 2.75) is 45.2 Å². The van der Waals surface area contributed by atoms with Crippen molar-refractivity contribution < 1.29 is 31.9 Å². The smallest absolute Gasteiger partial charge is 0.422 e. The van der Waals surface area contributed by atoms with Gasteiger partial charge in [-0.25, -0.2) is 4.39 Å². The van der Waals surface area contributed by atoms with E-state index < -0.39 is 30.6 Å². The number of hydrogen-bond donors (Lipinski definition) is 2. The van der Waals surface area contributed by atoms with Crippen LogP contribution in [0.25, 0.3) is 10.9 Å². The Morgan fingerprint density at radius 2 is 1.90 bits per heavy atom. The van der Waals surface area contributed by atoms with Gasteiger partial charge >= 0.3 is 12.1 Å². The Morgan fingerprint density at radius 1 is 1.20 bits per heavy atom. The summed E-state index contributed by atoms with van der Waals surface area (Å²) in [6.07, 6.45) is -2.00. The molecule has 1 aromatic carbocycles. The quantitative estimate of drug-likeness (QED) is 0.536. The summed E-state index contributed by atoms with van der Waals surface area (Å²) in [5.74, 6) is -3.28. The number of fused-ring (bicyclic) bond motifs is 1. The second kappa shape index (κ2) is 9.06. The van der Waals surface area contributed by atoms with Crippen molar-refractivity contribution in [2.24, 2.45) is 11.8 Å². The fourth-order valence-corrected chi connectivity index (χ4v) is 4.12. The molecule has 2 atom stereocenters. The number of halogens is 4.